The van der Waals surface area contributed by atoms with Crippen LogP contribution in [0.25, 0.3) is 0 Å². The van der Waals surface area contributed by atoms with E-state index in [2.05, 4.69) is 62.0 Å². The number of hydrogen-bond acceptors (Lipinski definition) is 1. The lowest BCUT2D eigenvalue weighted by molar-refractivity contribution is 0.645. The van der Waals surface area contributed by atoms with Gasteiger partial charge in [-0.05, 0) is 55.0 Å². The predicted octanol–water partition coefficient (Wildman–Crippen LogP) is 3.43. The molecule has 2 aromatic rings. The zero-order valence-electron chi connectivity index (χ0n) is 12.2. The standard InChI is InChI=1S/C17H24N2/c1-4-16(18)10-15-8-9-19(11-15)12-17-13(2)6-5-7-14(17)3/h5-9,11,16H,4,10,12,18H2,1-3H3. The first kappa shape index (κ1) is 13.9. The van der Waals surface area contributed by atoms with Crippen molar-refractivity contribution in [3.05, 3.63) is 58.9 Å². The van der Waals surface area contributed by atoms with E-state index in [1.54, 1.807) is 0 Å². The third-order valence-corrected chi connectivity index (χ3v) is 3.82. The largest absolute Gasteiger partial charge is 0.350 e. The number of benzene rings is 1. The molecule has 1 unspecified atom stereocenters. The number of aryl methyl sites for hydroxylation is 2. The van der Waals surface area contributed by atoms with Crippen LogP contribution >= 0.6 is 0 Å². The van der Waals surface area contributed by atoms with Crippen molar-refractivity contribution in [2.45, 2.75) is 46.2 Å². The van der Waals surface area contributed by atoms with E-state index in [9.17, 15) is 0 Å². The van der Waals surface area contributed by atoms with Gasteiger partial charge in [-0.2, -0.15) is 0 Å². The van der Waals surface area contributed by atoms with Crippen LogP contribution in [-0.4, -0.2) is 10.6 Å². The van der Waals surface area contributed by atoms with Gasteiger partial charge in [0.05, 0.1) is 0 Å². The van der Waals surface area contributed by atoms with Gasteiger partial charge < -0.3 is 10.3 Å². The molecule has 0 saturated carbocycles. The highest BCUT2D eigenvalue weighted by Crippen LogP contribution is 2.16. The van der Waals surface area contributed by atoms with Gasteiger partial charge >= 0.3 is 0 Å². The normalized spacial score (nSPS) is 12.6. The molecule has 1 aromatic heterocycles. The molecule has 0 spiro atoms. The molecule has 1 atom stereocenters. The molecule has 1 heterocycles. The molecule has 1 aromatic carbocycles. The quantitative estimate of drug-likeness (QED) is 0.873. The van der Waals surface area contributed by atoms with E-state index < -0.39 is 0 Å². The summed E-state index contributed by atoms with van der Waals surface area (Å²) in [5.74, 6) is 0. The molecule has 0 aliphatic carbocycles. The average Bonchev–Trinajstić information content (AvgIpc) is 2.81. The summed E-state index contributed by atoms with van der Waals surface area (Å²) in [4.78, 5) is 0. The maximum atomic E-state index is 6.01. The molecule has 0 aliphatic heterocycles. The molecule has 0 aliphatic rings. The lowest BCUT2D eigenvalue weighted by Crippen LogP contribution is -2.21. The van der Waals surface area contributed by atoms with Crippen LogP contribution in [0, 0.1) is 13.8 Å². The van der Waals surface area contributed by atoms with Gasteiger partial charge in [-0.15, -0.1) is 0 Å². The van der Waals surface area contributed by atoms with Crippen LogP contribution in [0.1, 0.15) is 35.6 Å². The van der Waals surface area contributed by atoms with E-state index in [4.69, 9.17) is 5.73 Å². The Labute approximate surface area is 116 Å². The van der Waals surface area contributed by atoms with Gasteiger partial charge in [0, 0.05) is 25.0 Å². The van der Waals surface area contributed by atoms with Gasteiger partial charge in [0.1, 0.15) is 0 Å². The van der Waals surface area contributed by atoms with Crippen LogP contribution in [0.4, 0.5) is 0 Å². The third kappa shape index (κ3) is 3.48. The molecule has 2 nitrogen and oxygen atoms in total. The highest BCUT2D eigenvalue weighted by atomic mass is 14.9. The summed E-state index contributed by atoms with van der Waals surface area (Å²) in [6.45, 7) is 7.44. The summed E-state index contributed by atoms with van der Waals surface area (Å²) in [5, 5.41) is 0. The smallest absolute Gasteiger partial charge is 0.0475 e. The minimum atomic E-state index is 0.274. The molecular formula is C17H24N2. The number of nitrogens with zero attached hydrogens (tertiary/aromatic N) is 1. The Morgan fingerprint density at radius 1 is 1.16 bits per heavy atom. The summed E-state index contributed by atoms with van der Waals surface area (Å²) >= 11 is 0. The predicted molar refractivity (Wildman–Crippen MR) is 81.4 cm³/mol. The van der Waals surface area contributed by atoms with Crippen molar-refractivity contribution in [1.82, 2.24) is 4.57 Å². The van der Waals surface area contributed by atoms with Gasteiger partial charge in [0.15, 0.2) is 0 Å². The lowest BCUT2D eigenvalue weighted by Gasteiger charge is -2.11. The Kier molecular flexibility index (Phi) is 4.43. The zero-order chi connectivity index (χ0) is 13.8. The SMILES string of the molecule is CCC(N)Cc1ccn(Cc2c(C)cccc2C)c1. The highest BCUT2D eigenvalue weighted by Gasteiger charge is 2.06. The highest BCUT2D eigenvalue weighted by molar-refractivity contribution is 5.34. The monoisotopic (exact) mass is 256 g/mol. The van der Waals surface area contributed by atoms with Crippen molar-refractivity contribution < 1.29 is 0 Å². The van der Waals surface area contributed by atoms with Crippen molar-refractivity contribution in [2.75, 3.05) is 0 Å². The molecule has 102 valence electrons. The van der Waals surface area contributed by atoms with Crippen LogP contribution < -0.4 is 5.73 Å². The molecule has 2 rings (SSSR count). The topological polar surface area (TPSA) is 30.9 Å². The number of aromatic nitrogens is 1. The van der Waals surface area contributed by atoms with E-state index in [1.807, 2.05) is 0 Å². The summed E-state index contributed by atoms with van der Waals surface area (Å²) < 4.78 is 2.26. The number of rotatable bonds is 5. The van der Waals surface area contributed by atoms with E-state index in [0.29, 0.717) is 0 Å². The second kappa shape index (κ2) is 6.07. The van der Waals surface area contributed by atoms with Crippen molar-refractivity contribution >= 4 is 0 Å². The summed E-state index contributed by atoms with van der Waals surface area (Å²) in [5.41, 5.74) is 11.5. The van der Waals surface area contributed by atoms with E-state index in [-0.39, 0.29) is 6.04 Å². The van der Waals surface area contributed by atoms with Crippen LogP contribution in [-0.2, 0) is 13.0 Å². The molecule has 0 bridgehead atoms. The van der Waals surface area contributed by atoms with E-state index in [1.165, 1.54) is 22.3 Å². The maximum absolute atomic E-state index is 6.01. The second-order valence-electron chi connectivity index (χ2n) is 5.43. The summed E-state index contributed by atoms with van der Waals surface area (Å²) in [6.07, 6.45) is 6.38. The summed E-state index contributed by atoms with van der Waals surface area (Å²) in [6, 6.07) is 8.94. The third-order valence-electron chi connectivity index (χ3n) is 3.82. The van der Waals surface area contributed by atoms with Gasteiger partial charge in [-0.1, -0.05) is 25.1 Å². The van der Waals surface area contributed by atoms with Gasteiger partial charge in [0.25, 0.3) is 0 Å². The van der Waals surface area contributed by atoms with Crippen LogP contribution in [0.2, 0.25) is 0 Å². The number of hydrogen-bond donors (Lipinski definition) is 1. The summed E-state index contributed by atoms with van der Waals surface area (Å²) in [7, 11) is 0. The van der Waals surface area contributed by atoms with Gasteiger partial charge in [0.2, 0.25) is 0 Å². The first-order valence-electron chi connectivity index (χ1n) is 7.05. The van der Waals surface area contributed by atoms with Gasteiger partial charge in [-0.3, -0.25) is 0 Å². The van der Waals surface area contributed by atoms with Crippen LogP contribution in [0.15, 0.2) is 36.7 Å². The fourth-order valence-electron chi connectivity index (χ4n) is 2.44. The fraction of sp³-hybridized carbons (Fsp3) is 0.412. The minimum Gasteiger partial charge on any atom is -0.350 e. The molecule has 0 amide bonds. The van der Waals surface area contributed by atoms with Crippen LogP contribution in [0.5, 0.6) is 0 Å². The number of nitrogens with two attached hydrogens (primary N) is 1. The van der Waals surface area contributed by atoms with Crippen molar-refractivity contribution in [2.24, 2.45) is 5.73 Å². The van der Waals surface area contributed by atoms with Gasteiger partial charge in [-0.25, -0.2) is 0 Å². The Bertz CT molecular complexity index is 520. The average molecular weight is 256 g/mol. The molecule has 19 heavy (non-hydrogen) atoms. The molecular weight excluding hydrogens is 232 g/mol. The molecule has 0 saturated heterocycles. The zero-order valence-corrected chi connectivity index (χ0v) is 12.2. The second-order valence-corrected chi connectivity index (χ2v) is 5.43. The first-order chi connectivity index (χ1) is 9.10. The lowest BCUT2D eigenvalue weighted by atomic mass is 10.0. The Hall–Kier alpha value is -1.54. The van der Waals surface area contributed by atoms with E-state index >= 15 is 0 Å². The maximum Gasteiger partial charge on any atom is 0.0475 e. The van der Waals surface area contributed by atoms with Crippen molar-refractivity contribution in [3.63, 3.8) is 0 Å². The van der Waals surface area contributed by atoms with Crippen LogP contribution in [0.3, 0.4) is 0 Å². The fourth-order valence-corrected chi connectivity index (χ4v) is 2.44. The molecule has 2 N–H and O–H groups in total. The molecule has 0 radical (unpaired) electrons. The Morgan fingerprint density at radius 2 is 1.84 bits per heavy atom. The molecule has 2 heteroatoms. The molecule has 0 fully saturated rings. The Morgan fingerprint density at radius 3 is 2.47 bits per heavy atom. The minimum absolute atomic E-state index is 0.274. The van der Waals surface area contributed by atoms with Crippen molar-refractivity contribution in [1.29, 1.82) is 0 Å². The van der Waals surface area contributed by atoms with Crippen molar-refractivity contribution in [3.8, 4) is 0 Å². The Balaban J connectivity index is 2.12. The van der Waals surface area contributed by atoms with E-state index in [0.717, 1.165) is 19.4 Å². The first-order valence-corrected chi connectivity index (χ1v) is 7.05.